The molecule has 3 aromatic carbocycles. The minimum atomic E-state index is -0.624. The van der Waals surface area contributed by atoms with E-state index in [2.05, 4.69) is 22.1 Å². The number of benzene rings is 3. The van der Waals surface area contributed by atoms with Gasteiger partial charge in [0.25, 0.3) is 0 Å². The molecule has 5 rings (SSSR count). The number of ether oxygens (including phenoxy) is 2. The van der Waals surface area contributed by atoms with E-state index in [1.165, 1.54) is 25.7 Å². The SMILES string of the molecule is C=CCN(C[C@H]1C[C@@H](c2ccc(CO)cc2)O[C@@H](c2cccc(NC(=O)CCCC(=O)Nc3ccccc3N)c2)O1)C1CCCC1. The zero-order valence-electron chi connectivity index (χ0n) is 26.4. The van der Waals surface area contributed by atoms with Gasteiger partial charge in [-0.2, -0.15) is 0 Å². The second kappa shape index (κ2) is 16.5. The lowest BCUT2D eigenvalue weighted by atomic mass is 9.99. The first-order valence-electron chi connectivity index (χ1n) is 16.3. The van der Waals surface area contributed by atoms with Crippen LogP contribution in [0, 0.1) is 0 Å². The molecule has 5 N–H and O–H groups in total. The number of anilines is 3. The van der Waals surface area contributed by atoms with Crippen molar-refractivity contribution in [1.82, 2.24) is 4.90 Å². The molecule has 0 spiro atoms. The Morgan fingerprint density at radius 1 is 0.935 bits per heavy atom. The maximum absolute atomic E-state index is 12.8. The Hall–Kier alpha value is -4.02. The van der Waals surface area contributed by atoms with Crippen LogP contribution in [0.5, 0.6) is 0 Å². The Bertz CT molecular complexity index is 1460. The van der Waals surface area contributed by atoms with E-state index in [1.807, 2.05) is 54.6 Å². The van der Waals surface area contributed by atoms with Crippen LogP contribution in [0.25, 0.3) is 0 Å². The summed E-state index contributed by atoms with van der Waals surface area (Å²) in [4.78, 5) is 27.6. The Morgan fingerprint density at radius 2 is 1.67 bits per heavy atom. The standard InChI is InChI=1S/C37H46N4O5/c1-2-21-41(30-11-3-4-12-30)24-31-23-34(27-19-17-26(25-42)18-20-27)46-37(45-31)28-9-7-10-29(22-28)39-35(43)15-8-16-36(44)40-33-14-6-5-13-32(33)38/h2,5-7,9-10,13-14,17-20,22,30-31,34,37,42H,1,3-4,8,11-12,15-16,21,23-25,38H2,(H,39,43)(H,40,44)/t31-,34+,37+/m1/s1. The average molecular weight is 627 g/mol. The lowest BCUT2D eigenvalue weighted by Gasteiger charge is -2.39. The van der Waals surface area contributed by atoms with Crippen molar-refractivity contribution >= 4 is 28.9 Å². The highest BCUT2D eigenvalue weighted by Crippen LogP contribution is 2.39. The fourth-order valence-electron chi connectivity index (χ4n) is 6.32. The van der Waals surface area contributed by atoms with Gasteiger partial charge in [0.1, 0.15) is 0 Å². The molecule has 1 saturated heterocycles. The Labute approximate surface area is 271 Å². The van der Waals surface area contributed by atoms with Crippen molar-refractivity contribution in [2.75, 3.05) is 29.5 Å². The number of nitrogens with zero attached hydrogens (tertiary/aromatic N) is 1. The largest absolute Gasteiger partial charge is 0.397 e. The number of nitrogens with one attached hydrogen (secondary N) is 2. The minimum absolute atomic E-state index is 0.00735. The third-order valence-electron chi connectivity index (χ3n) is 8.74. The molecule has 1 aliphatic heterocycles. The van der Waals surface area contributed by atoms with Crippen LogP contribution in [0.2, 0.25) is 0 Å². The summed E-state index contributed by atoms with van der Waals surface area (Å²) in [6.45, 7) is 5.59. The number of aliphatic hydroxyl groups excluding tert-OH is 1. The van der Waals surface area contributed by atoms with Gasteiger partial charge in [-0.05, 0) is 54.7 Å². The summed E-state index contributed by atoms with van der Waals surface area (Å²) < 4.78 is 13.2. The van der Waals surface area contributed by atoms with Gasteiger partial charge in [-0.15, -0.1) is 6.58 Å². The second-order valence-electron chi connectivity index (χ2n) is 12.2. The average Bonchev–Trinajstić information content (AvgIpc) is 3.61. The first-order valence-corrected chi connectivity index (χ1v) is 16.3. The molecule has 244 valence electrons. The third kappa shape index (κ3) is 9.26. The van der Waals surface area contributed by atoms with Crippen LogP contribution in [-0.2, 0) is 25.7 Å². The molecule has 3 aromatic rings. The summed E-state index contributed by atoms with van der Waals surface area (Å²) in [6, 6.07) is 23.1. The number of nitrogen functional groups attached to an aromatic ring is 1. The smallest absolute Gasteiger partial charge is 0.224 e. The molecule has 0 aromatic heterocycles. The first kappa shape index (κ1) is 33.3. The number of para-hydroxylation sites is 2. The fourth-order valence-corrected chi connectivity index (χ4v) is 6.32. The lowest BCUT2D eigenvalue weighted by molar-refractivity contribution is -0.253. The summed E-state index contributed by atoms with van der Waals surface area (Å²) in [7, 11) is 0. The summed E-state index contributed by atoms with van der Waals surface area (Å²) in [6.07, 6.45) is 7.49. The maximum Gasteiger partial charge on any atom is 0.224 e. The van der Waals surface area contributed by atoms with Gasteiger partial charge in [0.2, 0.25) is 11.8 Å². The van der Waals surface area contributed by atoms with Crippen molar-refractivity contribution in [1.29, 1.82) is 0 Å². The third-order valence-corrected chi connectivity index (χ3v) is 8.74. The Balaban J connectivity index is 1.22. The molecule has 1 aliphatic carbocycles. The highest BCUT2D eigenvalue weighted by molar-refractivity contribution is 5.94. The van der Waals surface area contributed by atoms with Crippen LogP contribution in [-0.4, -0.2) is 47.1 Å². The van der Waals surface area contributed by atoms with E-state index < -0.39 is 6.29 Å². The molecular weight excluding hydrogens is 580 g/mol. The number of carbonyl (C=O) groups excluding carboxylic acids is 2. The van der Waals surface area contributed by atoms with Crippen LogP contribution in [0.15, 0.2) is 85.5 Å². The van der Waals surface area contributed by atoms with Crippen molar-refractivity contribution in [3.8, 4) is 0 Å². The molecule has 2 aliphatic rings. The number of aliphatic hydroxyl groups is 1. The molecule has 9 heteroatoms. The maximum atomic E-state index is 12.8. The molecule has 0 unspecified atom stereocenters. The molecule has 2 amide bonds. The summed E-state index contributed by atoms with van der Waals surface area (Å²) >= 11 is 0. The molecular formula is C37H46N4O5. The van der Waals surface area contributed by atoms with Crippen molar-refractivity contribution in [2.24, 2.45) is 0 Å². The topological polar surface area (TPSA) is 126 Å². The normalized spacial score (nSPS) is 20.0. The molecule has 1 heterocycles. The van der Waals surface area contributed by atoms with Crippen LogP contribution in [0.3, 0.4) is 0 Å². The van der Waals surface area contributed by atoms with E-state index in [0.717, 1.165) is 29.8 Å². The fraction of sp³-hybridized carbons (Fsp3) is 0.405. The van der Waals surface area contributed by atoms with E-state index in [0.29, 0.717) is 35.9 Å². The van der Waals surface area contributed by atoms with E-state index >= 15 is 0 Å². The highest BCUT2D eigenvalue weighted by atomic mass is 16.7. The number of carbonyl (C=O) groups is 2. The van der Waals surface area contributed by atoms with E-state index in [9.17, 15) is 14.7 Å². The molecule has 2 fully saturated rings. The van der Waals surface area contributed by atoms with E-state index in [1.54, 1.807) is 24.3 Å². The second-order valence-corrected chi connectivity index (χ2v) is 12.2. The number of amides is 2. The number of hydrogen-bond acceptors (Lipinski definition) is 7. The molecule has 9 nitrogen and oxygen atoms in total. The van der Waals surface area contributed by atoms with Gasteiger partial charge in [0.05, 0.1) is 30.2 Å². The van der Waals surface area contributed by atoms with E-state index in [-0.39, 0.29) is 43.5 Å². The van der Waals surface area contributed by atoms with Crippen LogP contribution < -0.4 is 16.4 Å². The van der Waals surface area contributed by atoms with Gasteiger partial charge in [0.15, 0.2) is 6.29 Å². The van der Waals surface area contributed by atoms with Gasteiger partial charge in [-0.3, -0.25) is 14.5 Å². The Morgan fingerprint density at radius 3 is 2.39 bits per heavy atom. The van der Waals surface area contributed by atoms with Crippen LogP contribution in [0.1, 0.15) is 80.5 Å². The predicted octanol–water partition coefficient (Wildman–Crippen LogP) is 6.48. The summed E-state index contributed by atoms with van der Waals surface area (Å²) in [5.41, 5.74) is 10.3. The summed E-state index contributed by atoms with van der Waals surface area (Å²) in [5, 5.41) is 15.3. The zero-order valence-corrected chi connectivity index (χ0v) is 26.4. The van der Waals surface area contributed by atoms with Gasteiger partial charge in [0, 0.05) is 49.6 Å². The van der Waals surface area contributed by atoms with Gasteiger partial charge >= 0.3 is 0 Å². The van der Waals surface area contributed by atoms with Gasteiger partial charge in [-0.25, -0.2) is 0 Å². The summed E-state index contributed by atoms with van der Waals surface area (Å²) in [5.74, 6) is -0.361. The van der Waals surface area contributed by atoms with Crippen molar-refractivity contribution in [2.45, 2.75) is 82.5 Å². The molecule has 0 bridgehead atoms. The highest BCUT2D eigenvalue weighted by Gasteiger charge is 2.34. The van der Waals surface area contributed by atoms with Gasteiger partial charge in [-0.1, -0.05) is 67.4 Å². The minimum Gasteiger partial charge on any atom is -0.397 e. The Kier molecular flexibility index (Phi) is 12.0. The van der Waals surface area contributed by atoms with Crippen LogP contribution in [0.4, 0.5) is 17.1 Å². The number of rotatable bonds is 14. The first-order chi connectivity index (χ1) is 22.4. The van der Waals surface area contributed by atoms with Crippen molar-refractivity contribution in [3.05, 3.63) is 102 Å². The molecule has 0 radical (unpaired) electrons. The number of nitrogens with two attached hydrogens (primary N) is 1. The molecule has 3 atom stereocenters. The lowest BCUT2D eigenvalue weighted by Crippen LogP contribution is -2.43. The van der Waals surface area contributed by atoms with Crippen molar-refractivity contribution < 1.29 is 24.2 Å². The zero-order chi connectivity index (χ0) is 32.3. The quantitative estimate of drug-likeness (QED) is 0.119. The van der Waals surface area contributed by atoms with E-state index in [4.69, 9.17) is 15.2 Å². The van der Waals surface area contributed by atoms with Gasteiger partial charge < -0.3 is 30.9 Å². The van der Waals surface area contributed by atoms with Crippen LogP contribution >= 0.6 is 0 Å². The monoisotopic (exact) mass is 626 g/mol. The molecule has 46 heavy (non-hydrogen) atoms. The molecule has 1 saturated carbocycles. The number of hydrogen-bond donors (Lipinski definition) is 4. The van der Waals surface area contributed by atoms with Crippen molar-refractivity contribution in [3.63, 3.8) is 0 Å². The predicted molar refractivity (Wildman–Crippen MR) is 181 cm³/mol.